The summed E-state index contributed by atoms with van der Waals surface area (Å²) in [5, 5.41) is 0. The van der Waals surface area contributed by atoms with Gasteiger partial charge in [-0.2, -0.15) is 0 Å². The second kappa shape index (κ2) is 5.96. The van der Waals surface area contributed by atoms with E-state index in [4.69, 9.17) is 4.74 Å². The van der Waals surface area contributed by atoms with Gasteiger partial charge in [-0.15, -0.1) is 0 Å². The van der Waals surface area contributed by atoms with Crippen molar-refractivity contribution in [1.82, 2.24) is 9.88 Å². The van der Waals surface area contributed by atoms with Crippen molar-refractivity contribution in [2.45, 2.75) is 26.3 Å². The Hall–Kier alpha value is -1.42. The number of pyridine rings is 1. The van der Waals surface area contributed by atoms with E-state index >= 15 is 0 Å². The van der Waals surface area contributed by atoms with Gasteiger partial charge in [0.2, 0.25) is 0 Å². The molecule has 0 atom stereocenters. The Bertz CT molecular complexity index is 412. The summed E-state index contributed by atoms with van der Waals surface area (Å²) in [5.41, 5.74) is 1.51. The van der Waals surface area contributed by atoms with Crippen LogP contribution in [0.25, 0.3) is 0 Å². The summed E-state index contributed by atoms with van der Waals surface area (Å²) in [6.45, 7) is 5.35. The first-order valence-corrected chi connectivity index (χ1v) is 6.44. The van der Waals surface area contributed by atoms with E-state index in [9.17, 15) is 4.79 Å². The minimum Gasteiger partial charge on any atom is -0.465 e. The summed E-state index contributed by atoms with van der Waals surface area (Å²) in [4.78, 5) is 18.1. The van der Waals surface area contributed by atoms with Crippen molar-refractivity contribution in [2.24, 2.45) is 5.92 Å². The first kappa shape index (κ1) is 13.0. The summed E-state index contributed by atoms with van der Waals surface area (Å²) in [6.07, 6.45) is 4.17. The summed E-state index contributed by atoms with van der Waals surface area (Å²) in [6, 6.07) is 3.51. The smallest absolute Gasteiger partial charge is 0.337 e. The van der Waals surface area contributed by atoms with Crippen LogP contribution in [0.5, 0.6) is 0 Å². The van der Waals surface area contributed by atoms with Gasteiger partial charge in [0.25, 0.3) is 0 Å². The Kier molecular flexibility index (Phi) is 4.31. The number of carbonyl (C=O) groups excluding carboxylic acids is 1. The van der Waals surface area contributed by atoms with Gasteiger partial charge in [-0.1, -0.05) is 6.92 Å². The van der Waals surface area contributed by atoms with Crippen LogP contribution in [0.1, 0.15) is 35.8 Å². The summed E-state index contributed by atoms with van der Waals surface area (Å²) in [7, 11) is 1.40. The zero-order valence-electron chi connectivity index (χ0n) is 11.1. The van der Waals surface area contributed by atoms with Crippen LogP contribution in [0.15, 0.2) is 18.3 Å². The number of aromatic nitrogens is 1. The van der Waals surface area contributed by atoms with Crippen LogP contribution in [0, 0.1) is 5.92 Å². The fourth-order valence-corrected chi connectivity index (χ4v) is 2.26. The zero-order valence-corrected chi connectivity index (χ0v) is 11.1. The molecular weight excluding hydrogens is 228 g/mol. The Morgan fingerprint density at radius 1 is 1.50 bits per heavy atom. The molecule has 0 radical (unpaired) electrons. The maximum atomic E-state index is 11.4. The van der Waals surface area contributed by atoms with Crippen molar-refractivity contribution in [2.75, 3.05) is 20.2 Å². The first-order valence-electron chi connectivity index (χ1n) is 6.44. The van der Waals surface area contributed by atoms with Crippen LogP contribution in [-0.2, 0) is 11.3 Å². The van der Waals surface area contributed by atoms with Crippen LogP contribution < -0.4 is 0 Å². The van der Waals surface area contributed by atoms with E-state index in [2.05, 4.69) is 16.8 Å². The highest BCUT2D eigenvalue weighted by Gasteiger charge is 2.16. The normalized spacial score (nSPS) is 17.7. The number of ether oxygens (including phenoxy) is 1. The van der Waals surface area contributed by atoms with E-state index in [-0.39, 0.29) is 5.97 Å². The number of hydrogen-bond donors (Lipinski definition) is 0. The van der Waals surface area contributed by atoms with Crippen LogP contribution in [0.3, 0.4) is 0 Å². The molecule has 0 spiro atoms. The Balaban J connectivity index is 1.99. The summed E-state index contributed by atoms with van der Waals surface area (Å²) >= 11 is 0. The fourth-order valence-electron chi connectivity index (χ4n) is 2.26. The molecule has 0 saturated carbocycles. The fraction of sp³-hybridized carbons (Fsp3) is 0.571. The van der Waals surface area contributed by atoms with Gasteiger partial charge in [-0.25, -0.2) is 4.79 Å². The quantitative estimate of drug-likeness (QED) is 0.768. The van der Waals surface area contributed by atoms with Crippen LogP contribution in [0.2, 0.25) is 0 Å². The molecule has 0 aliphatic carbocycles. The SMILES string of the molecule is COC(=O)c1ccnc(CN2CCC(C)CC2)c1. The van der Waals surface area contributed by atoms with Gasteiger partial charge in [0.05, 0.1) is 18.4 Å². The second-order valence-corrected chi connectivity index (χ2v) is 4.99. The van der Waals surface area contributed by atoms with Gasteiger partial charge < -0.3 is 4.74 Å². The summed E-state index contributed by atoms with van der Waals surface area (Å²) in [5.74, 6) is 0.529. The van der Waals surface area contributed by atoms with E-state index in [1.54, 1.807) is 12.3 Å². The van der Waals surface area contributed by atoms with Gasteiger partial charge in [0.15, 0.2) is 0 Å². The molecule has 2 rings (SSSR count). The molecule has 4 nitrogen and oxygen atoms in total. The first-order chi connectivity index (χ1) is 8.69. The molecule has 0 bridgehead atoms. The largest absolute Gasteiger partial charge is 0.465 e. The Labute approximate surface area is 108 Å². The van der Waals surface area contributed by atoms with Crippen molar-refractivity contribution in [3.05, 3.63) is 29.6 Å². The number of rotatable bonds is 3. The van der Waals surface area contributed by atoms with Gasteiger partial charge in [0.1, 0.15) is 0 Å². The van der Waals surface area contributed by atoms with Crippen LogP contribution in [-0.4, -0.2) is 36.1 Å². The monoisotopic (exact) mass is 248 g/mol. The third-order valence-electron chi connectivity index (χ3n) is 3.50. The lowest BCUT2D eigenvalue weighted by Crippen LogP contribution is -2.32. The Morgan fingerprint density at radius 2 is 2.22 bits per heavy atom. The Morgan fingerprint density at radius 3 is 2.89 bits per heavy atom. The van der Waals surface area contributed by atoms with E-state index in [1.165, 1.54) is 20.0 Å². The van der Waals surface area contributed by atoms with E-state index in [1.807, 2.05) is 6.07 Å². The number of hydrogen-bond acceptors (Lipinski definition) is 4. The molecule has 0 unspecified atom stereocenters. The number of esters is 1. The predicted molar refractivity (Wildman–Crippen MR) is 69.3 cm³/mol. The van der Waals surface area contributed by atoms with E-state index in [0.717, 1.165) is 31.2 Å². The molecule has 1 aromatic heterocycles. The highest BCUT2D eigenvalue weighted by Crippen LogP contribution is 2.17. The molecule has 0 amide bonds. The molecule has 4 heteroatoms. The minimum atomic E-state index is -0.300. The topological polar surface area (TPSA) is 42.4 Å². The van der Waals surface area contributed by atoms with Crippen molar-refractivity contribution >= 4 is 5.97 Å². The van der Waals surface area contributed by atoms with E-state index < -0.39 is 0 Å². The highest BCUT2D eigenvalue weighted by atomic mass is 16.5. The molecule has 18 heavy (non-hydrogen) atoms. The molecular formula is C14H20N2O2. The molecule has 0 aromatic carbocycles. The lowest BCUT2D eigenvalue weighted by Gasteiger charge is -2.29. The van der Waals surface area contributed by atoms with Crippen LogP contribution >= 0.6 is 0 Å². The molecule has 1 fully saturated rings. The third kappa shape index (κ3) is 3.29. The standard InChI is InChI=1S/C14H20N2O2/c1-11-4-7-16(8-5-11)10-13-9-12(3-6-15-13)14(17)18-2/h3,6,9,11H,4-5,7-8,10H2,1-2H3. The third-order valence-corrected chi connectivity index (χ3v) is 3.50. The van der Waals surface area contributed by atoms with Crippen molar-refractivity contribution < 1.29 is 9.53 Å². The summed E-state index contributed by atoms with van der Waals surface area (Å²) < 4.78 is 4.71. The zero-order chi connectivity index (χ0) is 13.0. The molecule has 98 valence electrons. The van der Waals surface area contributed by atoms with E-state index in [0.29, 0.717) is 5.56 Å². The average molecular weight is 248 g/mol. The van der Waals surface area contributed by atoms with Gasteiger partial charge in [0, 0.05) is 12.7 Å². The van der Waals surface area contributed by atoms with Crippen LogP contribution in [0.4, 0.5) is 0 Å². The number of carbonyl (C=O) groups is 1. The van der Waals surface area contributed by atoms with Gasteiger partial charge >= 0.3 is 5.97 Å². The average Bonchev–Trinajstić information content (AvgIpc) is 2.41. The van der Waals surface area contributed by atoms with Crippen molar-refractivity contribution in [1.29, 1.82) is 0 Å². The number of methoxy groups -OCH3 is 1. The molecule has 0 N–H and O–H groups in total. The molecule has 1 saturated heterocycles. The number of nitrogens with zero attached hydrogens (tertiary/aromatic N) is 2. The minimum absolute atomic E-state index is 0.300. The maximum absolute atomic E-state index is 11.4. The lowest BCUT2D eigenvalue weighted by molar-refractivity contribution is 0.0600. The van der Waals surface area contributed by atoms with Crippen molar-refractivity contribution in [3.8, 4) is 0 Å². The molecule has 1 aliphatic heterocycles. The number of piperidine rings is 1. The second-order valence-electron chi connectivity index (χ2n) is 4.99. The van der Waals surface area contributed by atoms with Gasteiger partial charge in [-0.05, 0) is 44.0 Å². The number of likely N-dealkylation sites (tertiary alicyclic amines) is 1. The van der Waals surface area contributed by atoms with Gasteiger partial charge in [-0.3, -0.25) is 9.88 Å². The maximum Gasteiger partial charge on any atom is 0.337 e. The molecule has 1 aromatic rings. The molecule has 1 aliphatic rings. The highest BCUT2D eigenvalue weighted by molar-refractivity contribution is 5.89. The lowest BCUT2D eigenvalue weighted by atomic mass is 9.99. The molecule has 2 heterocycles. The predicted octanol–water partition coefficient (Wildman–Crippen LogP) is 2.10. The van der Waals surface area contributed by atoms with Crippen molar-refractivity contribution in [3.63, 3.8) is 0 Å².